The maximum atomic E-state index is 11.8. The molecule has 0 amide bonds. The molecule has 14 radical (unpaired) electrons. The molecule has 6 saturated heterocycles. The summed E-state index contributed by atoms with van der Waals surface area (Å²) in [4.78, 5) is 113. The van der Waals surface area contributed by atoms with E-state index < -0.39 is 214 Å². The molecule has 6 aliphatic heterocycles. The molecule has 0 spiro atoms. The normalized spacial score (nSPS) is 38.0. The molecule has 33 atom stereocenters. The summed E-state index contributed by atoms with van der Waals surface area (Å²) >= 11 is 2.06. The summed E-state index contributed by atoms with van der Waals surface area (Å²) in [6.45, 7) is 19.5. The van der Waals surface area contributed by atoms with Gasteiger partial charge < -0.3 is 107 Å². The molecule has 42 nitrogen and oxygen atoms in total. The van der Waals surface area contributed by atoms with Crippen LogP contribution in [0.5, 0.6) is 0 Å². The predicted octanol–water partition coefficient (Wildman–Crippen LogP) is -2.76. The summed E-state index contributed by atoms with van der Waals surface area (Å²) in [6.07, 6.45) is -20.0. The molecule has 6 fully saturated rings. The Balaban J connectivity index is 0.000000614. The number of phosphoric ester groups is 3. The van der Waals surface area contributed by atoms with Gasteiger partial charge in [0, 0.05) is 66.3 Å². The van der Waals surface area contributed by atoms with E-state index in [1.807, 2.05) is 0 Å². The van der Waals surface area contributed by atoms with E-state index in [2.05, 4.69) is 41.6 Å². The SMILES string of the molecule is [B][C@@H]1O[C@H](C(C)OP(=O)(O)O)[C@@H](O)[C@H]1C.[B][C@@H]1O[C@H](C(C)OP(=O)(O)O)[C@@H](O)[C@H]1C.[B][C@@H]1O[C@H](C(C)OP(=O)(O)O)[C@@H](O)[C@H]1C.[B][C@@H]1O[C@H](C(C)OP(C)(=O)OP(=O)(O)O)[C@@H](O)[C@H]1C.[B][C@@H]1O[C@H](C(C)OP(O)(=[Se])OP(=O)(O)O)[C@@H](O)[C@H]1C.[B][C@@H]1O[C@H](C(C)OP([B])(=O)OP(=O)(O)O)[C@@H](O)[C@H]1C. The van der Waals surface area contributed by atoms with Gasteiger partial charge in [0.1, 0.15) is 69.8 Å². The average Bonchev–Trinajstić information content (AvgIpc) is 1.65. The average molecular weight is 1710 g/mol. The van der Waals surface area contributed by atoms with Crippen LogP contribution in [0.4, 0.5) is 0 Å². The number of aliphatic hydroxyl groups is 6. The van der Waals surface area contributed by atoms with Crippen molar-refractivity contribution in [2.24, 2.45) is 35.5 Å². The van der Waals surface area contributed by atoms with Gasteiger partial charge in [-0.15, -0.1) is 0 Å². The fourth-order valence-corrected chi connectivity index (χ4v) is 20.2. The van der Waals surface area contributed by atoms with Gasteiger partial charge in [0.25, 0.3) is 7.47 Å². The molecule has 6 aliphatic rings. The van der Waals surface area contributed by atoms with Gasteiger partial charge in [-0.25, -0.2) is 31.4 Å². The van der Waals surface area contributed by atoms with Gasteiger partial charge in [-0.3, -0.25) is 22.7 Å². The molecule has 102 heavy (non-hydrogen) atoms. The molecule has 6 heterocycles. The van der Waals surface area contributed by atoms with Crippen LogP contribution < -0.4 is 0 Å². The molecule has 0 saturated carbocycles. The molecule has 0 aromatic rings. The molecule has 0 aromatic carbocycles. The van der Waals surface area contributed by atoms with Gasteiger partial charge >= 0.3 is 166 Å². The Morgan fingerprint density at radius 2 is 0.480 bits per heavy atom. The third-order valence-electron chi connectivity index (χ3n) is 15.6. The van der Waals surface area contributed by atoms with Crippen LogP contribution >= 0.6 is 68.2 Å². The largest absolute Gasteiger partial charge is 0.476 e. The van der Waals surface area contributed by atoms with E-state index in [9.17, 15) is 72.1 Å². The fraction of sp³-hybridized carbons (Fsp3) is 1.00. The number of ether oxygens (including phenoxy) is 6. The number of rotatable bonds is 24. The van der Waals surface area contributed by atoms with Gasteiger partial charge in [-0.2, -0.15) is 0 Å². The number of hydrogen-bond donors (Lipinski definition) is 19. The van der Waals surface area contributed by atoms with Crippen LogP contribution in [0.1, 0.15) is 83.1 Å². The summed E-state index contributed by atoms with van der Waals surface area (Å²) in [5, 5.41) is 58.5. The van der Waals surface area contributed by atoms with Gasteiger partial charge in [0.05, 0.1) is 61.0 Å². The van der Waals surface area contributed by atoms with Crippen molar-refractivity contribution in [3.8, 4) is 0 Å². The van der Waals surface area contributed by atoms with Gasteiger partial charge in [0.2, 0.25) is 7.57 Å². The number of hydrogen-bond acceptors (Lipinski definition) is 30. The van der Waals surface area contributed by atoms with Crippen molar-refractivity contribution in [3.63, 3.8) is 0 Å². The van der Waals surface area contributed by atoms with Crippen molar-refractivity contribution in [1.82, 2.24) is 0 Å². The Hall–Kier alpha value is 1.88. The Bertz CT molecular complexity index is 2740. The maximum Gasteiger partial charge on any atom is 0.476 e. The van der Waals surface area contributed by atoms with Crippen molar-refractivity contribution in [3.05, 3.63) is 0 Å². The zero-order valence-electron chi connectivity index (χ0n) is 56.7. The standard InChI is InChI=1S/C8H17BO8P2.C7H14B2O8P2.C7H15BO8P2Se.3C7H14BO6P/c1-4-6(10)7(15-8(4)9)5(2)16-18(3,11)17-19(12,13)14;1-3-5(10)6(15-7(3)8)4(2)16-18(9,11)17-19(12,13)14;1-3-5(9)6(14-7(3)8)4(2)15-18(13,19)16-17(10,11)12;3*1-3-5(9)6(13-7(3)8)4(2)14-15(10,11)12/h4-8,10H,1-3H3,(H2,12,13,14);3-7,10H,1-2H3,(H2,12,13,14);3-7,9H,1-2H3,(H,13,19)(H2,10,11,12);3*3-7,9H,1-2H3,(H2,10,11,12)/t4-,5?,6+,7-,8-,18?;2*3-,4?,5+,6-,7-,18?;3*3-,4?,5+,6-,7-/m111111/s1. The molecule has 19 N–H and O–H groups in total. The van der Waals surface area contributed by atoms with Crippen LogP contribution in [0.2, 0.25) is 0 Å². The molecular formula is C43H88B7O42P9Se. The van der Waals surface area contributed by atoms with Crippen molar-refractivity contribution in [2.75, 3.05) is 6.66 Å². The van der Waals surface area contributed by atoms with Crippen LogP contribution in [0.25, 0.3) is 0 Å². The third kappa shape index (κ3) is 35.9. The summed E-state index contributed by atoms with van der Waals surface area (Å²) in [5.74, 6) is -1.93. The predicted molar refractivity (Wildman–Crippen MR) is 358 cm³/mol. The Kier molecular flexibility index (Phi) is 41.2. The molecule has 0 aromatic heterocycles. The van der Waals surface area contributed by atoms with Crippen molar-refractivity contribution < 1.29 is 199 Å². The van der Waals surface area contributed by atoms with Crippen LogP contribution in [0.15, 0.2) is 0 Å². The molecule has 59 heteroatoms. The van der Waals surface area contributed by atoms with Crippen LogP contribution in [0, 0.1) is 35.5 Å². The summed E-state index contributed by atoms with van der Waals surface area (Å²) in [6, 6.07) is -4.04. The van der Waals surface area contributed by atoms with Crippen molar-refractivity contribution in [2.45, 2.75) is 229 Å². The summed E-state index contributed by atoms with van der Waals surface area (Å²) < 4.78 is 158. The van der Waals surface area contributed by atoms with E-state index >= 15 is 0 Å². The molecular weight excluding hydrogens is 1620 g/mol. The van der Waals surface area contributed by atoms with Gasteiger partial charge in [-0.1, -0.05) is 34.6 Å². The first-order valence-corrected chi connectivity index (χ1v) is 46.4. The summed E-state index contributed by atoms with van der Waals surface area (Å²) in [7, 11) is 1.33. The van der Waals surface area contributed by atoms with Gasteiger partial charge in [0.15, 0.2) is 0 Å². The zero-order chi connectivity index (χ0) is 80.4. The van der Waals surface area contributed by atoms with E-state index in [1.165, 1.54) is 41.5 Å². The molecule has 0 bridgehead atoms. The minimum absolute atomic E-state index is 0.294. The summed E-state index contributed by atoms with van der Waals surface area (Å²) in [5.41, 5.74) is 0. The minimum Gasteiger partial charge on any atom is -0.390 e. The van der Waals surface area contributed by atoms with E-state index in [1.54, 1.807) is 41.5 Å². The van der Waals surface area contributed by atoms with E-state index in [4.69, 9.17) is 155 Å². The zero-order valence-corrected chi connectivity index (χ0v) is 66.4. The second kappa shape index (κ2) is 41.3. The second-order valence-corrected chi connectivity index (χ2v) is 39.9. The fourth-order valence-electron chi connectivity index (χ4n) is 9.89. The van der Waals surface area contributed by atoms with Crippen LogP contribution in [-0.2, 0) is 105 Å². The van der Waals surface area contributed by atoms with E-state index in [-0.39, 0.29) is 35.5 Å². The topological polar surface area (TPSA) is 659 Å². The van der Waals surface area contributed by atoms with Crippen LogP contribution in [0.3, 0.4) is 0 Å². The first-order chi connectivity index (χ1) is 45.4. The Morgan fingerprint density at radius 3 is 0.647 bits per heavy atom. The monoisotopic (exact) mass is 1710 g/mol. The molecule has 584 valence electrons. The molecule has 0 aliphatic carbocycles. The maximum absolute atomic E-state index is 11.8. The first-order valence-electron chi connectivity index (χ1n) is 29.9. The van der Waals surface area contributed by atoms with E-state index in [0.717, 1.165) is 6.66 Å². The quantitative estimate of drug-likeness (QED) is 0.0344. The molecule has 6 rings (SSSR count). The number of phosphoric acid groups is 6. The van der Waals surface area contributed by atoms with Gasteiger partial charge in [-0.05, 0) is 34.6 Å². The number of aliphatic hydroxyl groups excluding tert-OH is 6. The minimum atomic E-state index is -5.06. The van der Waals surface area contributed by atoms with Crippen LogP contribution in [-0.4, -0.2) is 317 Å². The first kappa shape index (κ1) is 102. The van der Waals surface area contributed by atoms with Crippen molar-refractivity contribution in [1.29, 1.82) is 0 Å². The Morgan fingerprint density at radius 1 is 0.304 bits per heavy atom. The smallest absolute Gasteiger partial charge is 0.390 e. The van der Waals surface area contributed by atoms with Crippen molar-refractivity contribution >= 4 is 138 Å². The third-order valence-corrected chi connectivity index (χ3v) is 26.6. The second-order valence-electron chi connectivity index (χ2n) is 24.3. The van der Waals surface area contributed by atoms with E-state index in [0.29, 0.717) is 0 Å². The Labute approximate surface area is 605 Å². The molecule has 9 unspecified atom stereocenters.